The number of nitrogens with two attached hydrogens (primary N) is 1. The number of ketones is 1. The van der Waals surface area contributed by atoms with Crippen molar-refractivity contribution in [2.75, 3.05) is 5.73 Å². The van der Waals surface area contributed by atoms with Crippen LogP contribution in [0.25, 0.3) is 11.3 Å². The molecule has 0 atom stereocenters. The molecule has 3 N–H and O–H groups in total. The van der Waals surface area contributed by atoms with E-state index in [1.807, 2.05) is 32.0 Å². The highest BCUT2D eigenvalue weighted by Crippen LogP contribution is 2.31. The minimum absolute atomic E-state index is 0.0149. The molecule has 0 amide bonds. The largest absolute Gasteiger partial charge is 0.393 e. The van der Waals surface area contributed by atoms with Crippen molar-refractivity contribution in [3.05, 3.63) is 82.5 Å². The summed E-state index contributed by atoms with van der Waals surface area (Å²) in [5.74, 6) is -2.43. The topological polar surface area (TPSA) is 67.2 Å². The Morgan fingerprint density at radius 1 is 1.04 bits per heavy atom. The van der Waals surface area contributed by atoms with Crippen LogP contribution in [0.15, 0.2) is 48.7 Å². The summed E-state index contributed by atoms with van der Waals surface area (Å²) < 4.78 is 27.9. The van der Waals surface area contributed by atoms with Crippen LogP contribution in [0.3, 0.4) is 0 Å². The first-order valence-electron chi connectivity index (χ1n) is 7.91. The first kappa shape index (κ1) is 17.5. The van der Waals surface area contributed by atoms with E-state index in [1.165, 1.54) is 12.3 Å². The van der Waals surface area contributed by atoms with Crippen LogP contribution >= 0.6 is 0 Å². The van der Waals surface area contributed by atoms with E-state index in [1.54, 1.807) is 0 Å². The van der Waals surface area contributed by atoms with Crippen molar-refractivity contribution < 1.29 is 23.5 Å². The molecular formula is C20H17F2N2O2+. The molecule has 4 nitrogen and oxygen atoms in total. The molecule has 3 aromatic rings. The third-order valence-corrected chi connectivity index (χ3v) is 4.30. The van der Waals surface area contributed by atoms with Gasteiger partial charge in [0.1, 0.15) is 17.3 Å². The number of hydrogen-bond acceptors (Lipinski definition) is 3. The van der Waals surface area contributed by atoms with Gasteiger partial charge in [-0.3, -0.25) is 10.0 Å². The van der Waals surface area contributed by atoms with Crippen LogP contribution in [-0.2, 0) is 0 Å². The number of aryl methyl sites for hydroxylation is 2. The summed E-state index contributed by atoms with van der Waals surface area (Å²) >= 11 is 0. The van der Waals surface area contributed by atoms with Crippen molar-refractivity contribution in [2.24, 2.45) is 0 Å². The van der Waals surface area contributed by atoms with Gasteiger partial charge in [0.15, 0.2) is 5.78 Å². The van der Waals surface area contributed by atoms with Gasteiger partial charge >= 0.3 is 0 Å². The van der Waals surface area contributed by atoms with Gasteiger partial charge in [0.25, 0.3) is 5.69 Å². The maximum absolute atomic E-state index is 14.0. The molecule has 0 aliphatic rings. The summed E-state index contributed by atoms with van der Waals surface area (Å²) in [7, 11) is 0. The number of rotatable bonds is 3. The van der Waals surface area contributed by atoms with Crippen LogP contribution in [0.2, 0.25) is 0 Å². The molecule has 0 saturated heterocycles. The molecule has 0 aliphatic carbocycles. The number of nitrogen functional groups attached to an aromatic ring is 1. The number of hydrogen-bond donors (Lipinski definition) is 2. The molecule has 1 aromatic heterocycles. The fraction of sp³-hybridized carbons (Fsp3) is 0.100. The van der Waals surface area contributed by atoms with Crippen molar-refractivity contribution in [2.45, 2.75) is 13.8 Å². The molecule has 26 heavy (non-hydrogen) atoms. The number of carbonyl (C=O) groups excluding carboxylic acids is 1. The lowest BCUT2D eigenvalue weighted by atomic mass is 9.95. The fourth-order valence-corrected chi connectivity index (χ4v) is 3.01. The Kier molecular flexibility index (Phi) is 4.42. The van der Waals surface area contributed by atoms with Crippen LogP contribution in [0.4, 0.5) is 14.5 Å². The van der Waals surface area contributed by atoms with E-state index in [4.69, 9.17) is 5.73 Å². The van der Waals surface area contributed by atoms with E-state index in [9.17, 15) is 18.8 Å². The SMILES string of the molecule is Cc1cccc(C)c1-c1c(N)c(C(=O)c2ccc(F)cc2F)cc[n+]1O. The summed E-state index contributed by atoms with van der Waals surface area (Å²) in [6.45, 7) is 3.71. The molecule has 2 aromatic carbocycles. The Morgan fingerprint density at radius 3 is 2.31 bits per heavy atom. The van der Waals surface area contributed by atoms with Gasteiger partial charge in [-0.15, -0.1) is 0 Å². The van der Waals surface area contributed by atoms with E-state index in [-0.39, 0.29) is 22.5 Å². The Hall–Kier alpha value is -3.28. The molecular weight excluding hydrogens is 338 g/mol. The average Bonchev–Trinajstić information content (AvgIpc) is 2.57. The van der Waals surface area contributed by atoms with Crippen LogP contribution in [0, 0.1) is 25.5 Å². The average molecular weight is 355 g/mol. The second-order valence-electron chi connectivity index (χ2n) is 6.06. The Bertz CT molecular complexity index is 1010. The molecule has 0 saturated carbocycles. The van der Waals surface area contributed by atoms with Crippen LogP contribution in [0.1, 0.15) is 27.0 Å². The highest BCUT2D eigenvalue weighted by Gasteiger charge is 2.27. The number of benzene rings is 2. The van der Waals surface area contributed by atoms with E-state index in [0.29, 0.717) is 11.6 Å². The monoisotopic (exact) mass is 355 g/mol. The van der Waals surface area contributed by atoms with Gasteiger partial charge in [-0.05, 0) is 37.1 Å². The molecule has 0 radical (unpaired) electrons. The van der Waals surface area contributed by atoms with Gasteiger partial charge in [0.2, 0.25) is 6.20 Å². The van der Waals surface area contributed by atoms with Crippen molar-refractivity contribution in [1.82, 2.24) is 0 Å². The Balaban J connectivity index is 2.21. The molecule has 0 spiro atoms. The van der Waals surface area contributed by atoms with Gasteiger partial charge < -0.3 is 5.73 Å². The second-order valence-corrected chi connectivity index (χ2v) is 6.06. The third-order valence-electron chi connectivity index (χ3n) is 4.30. The predicted molar refractivity (Wildman–Crippen MR) is 92.9 cm³/mol. The minimum Gasteiger partial charge on any atom is -0.393 e. The third kappa shape index (κ3) is 2.90. The number of pyridine rings is 1. The first-order valence-corrected chi connectivity index (χ1v) is 7.91. The van der Waals surface area contributed by atoms with E-state index in [0.717, 1.165) is 28.0 Å². The molecule has 3 rings (SSSR count). The van der Waals surface area contributed by atoms with E-state index >= 15 is 0 Å². The molecule has 1 heterocycles. The maximum atomic E-state index is 14.0. The Labute approximate surface area is 149 Å². The van der Waals surface area contributed by atoms with Gasteiger partial charge in [0.05, 0.1) is 16.7 Å². The lowest BCUT2D eigenvalue weighted by molar-refractivity contribution is -0.895. The normalized spacial score (nSPS) is 10.8. The predicted octanol–water partition coefficient (Wildman–Crippen LogP) is 3.59. The smallest absolute Gasteiger partial charge is 0.288 e. The highest BCUT2D eigenvalue weighted by molar-refractivity contribution is 6.13. The summed E-state index contributed by atoms with van der Waals surface area (Å²) in [4.78, 5) is 12.7. The minimum atomic E-state index is -0.969. The highest BCUT2D eigenvalue weighted by atomic mass is 19.1. The number of aromatic nitrogens is 1. The van der Waals surface area contributed by atoms with Gasteiger partial charge in [-0.25, -0.2) is 8.78 Å². The lowest BCUT2D eigenvalue weighted by Gasteiger charge is -2.11. The molecule has 0 unspecified atom stereocenters. The fourth-order valence-electron chi connectivity index (χ4n) is 3.01. The van der Waals surface area contributed by atoms with Crippen molar-refractivity contribution in [3.8, 4) is 11.3 Å². The van der Waals surface area contributed by atoms with Crippen molar-refractivity contribution >= 4 is 11.5 Å². The van der Waals surface area contributed by atoms with Crippen molar-refractivity contribution in [1.29, 1.82) is 0 Å². The van der Waals surface area contributed by atoms with Crippen LogP contribution < -0.4 is 10.5 Å². The zero-order valence-corrected chi connectivity index (χ0v) is 14.3. The number of nitrogens with zero attached hydrogens (tertiary/aromatic N) is 1. The standard InChI is InChI=1S/C20H16F2N2O2/c1-11-4-3-5-12(2)17(11)19-18(23)15(8-9-24(19)26)20(25)14-7-6-13(21)10-16(14)22/h3-10H,1-2H3,(H2-,23,25,26)/p+1. The molecule has 0 aliphatic heterocycles. The molecule has 0 fully saturated rings. The first-order chi connectivity index (χ1) is 12.3. The summed E-state index contributed by atoms with van der Waals surface area (Å²) in [6.07, 6.45) is 1.27. The zero-order chi connectivity index (χ0) is 19.0. The molecule has 0 bridgehead atoms. The van der Waals surface area contributed by atoms with Crippen molar-refractivity contribution in [3.63, 3.8) is 0 Å². The lowest BCUT2D eigenvalue weighted by Crippen LogP contribution is -2.34. The summed E-state index contributed by atoms with van der Waals surface area (Å²) in [6, 6.07) is 9.61. The quantitative estimate of drug-likeness (QED) is 0.429. The molecule has 6 heteroatoms. The Morgan fingerprint density at radius 2 is 1.69 bits per heavy atom. The number of carbonyl (C=O) groups is 1. The van der Waals surface area contributed by atoms with E-state index in [2.05, 4.69) is 0 Å². The van der Waals surface area contributed by atoms with Crippen LogP contribution in [-0.4, -0.2) is 11.0 Å². The zero-order valence-electron chi connectivity index (χ0n) is 14.3. The van der Waals surface area contributed by atoms with Gasteiger partial charge in [-0.2, -0.15) is 0 Å². The molecule has 132 valence electrons. The number of halogens is 2. The van der Waals surface area contributed by atoms with Crippen LogP contribution in [0.5, 0.6) is 0 Å². The number of anilines is 1. The maximum Gasteiger partial charge on any atom is 0.288 e. The summed E-state index contributed by atoms with van der Waals surface area (Å²) in [5.41, 5.74) is 8.57. The second kappa shape index (κ2) is 6.55. The van der Waals surface area contributed by atoms with E-state index < -0.39 is 17.4 Å². The van der Waals surface area contributed by atoms with Gasteiger partial charge in [0, 0.05) is 16.9 Å². The van der Waals surface area contributed by atoms with Gasteiger partial charge in [-0.1, -0.05) is 18.2 Å². The summed E-state index contributed by atoms with van der Waals surface area (Å²) in [5, 5.41) is 10.3.